The number of amides is 2. The van der Waals surface area contributed by atoms with Crippen molar-refractivity contribution in [3.05, 3.63) is 0 Å². The molecule has 0 spiro atoms. The average molecular weight is 362 g/mol. The van der Waals surface area contributed by atoms with Crippen molar-refractivity contribution in [3.8, 4) is 0 Å². The van der Waals surface area contributed by atoms with E-state index in [-0.39, 0.29) is 30.3 Å². The molecule has 3 fully saturated rings. The second-order valence-corrected chi connectivity index (χ2v) is 7.69. The van der Waals surface area contributed by atoms with Crippen molar-refractivity contribution in [1.29, 1.82) is 0 Å². The van der Waals surface area contributed by atoms with Gasteiger partial charge in [0.1, 0.15) is 6.04 Å². The van der Waals surface area contributed by atoms with Gasteiger partial charge in [0, 0.05) is 37.3 Å². The minimum Gasteiger partial charge on any atom is -0.339 e. The lowest BCUT2D eigenvalue weighted by molar-refractivity contribution is -0.143. The van der Waals surface area contributed by atoms with Crippen LogP contribution in [-0.4, -0.2) is 64.5 Å². The second kappa shape index (κ2) is 8.58. The summed E-state index contributed by atoms with van der Waals surface area (Å²) >= 11 is 1.71. The number of halogens is 1. The van der Waals surface area contributed by atoms with E-state index < -0.39 is 0 Å². The summed E-state index contributed by atoms with van der Waals surface area (Å²) in [5, 5.41) is 3.61. The Morgan fingerprint density at radius 1 is 1.22 bits per heavy atom. The van der Waals surface area contributed by atoms with Gasteiger partial charge in [-0.3, -0.25) is 9.59 Å². The molecule has 3 saturated heterocycles. The fourth-order valence-corrected chi connectivity index (χ4v) is 4.89. The maximum Gasteiger partial charge on any atom is 0.246 e. The first-order chi connectivity index (χ1) is 10.7. The predicted octanol–water partition coefficient (Wildman–Crippen LogP) is 1.85. The molecule has 0 aliphatic carbocycles. The standard InChI is InChI=1S/C16H27N3O2S.ClH/c1-2-3-4-15(20)19-11-22-10-14(19)16(21)18-8-7-12-5-6-13(9-18)17-12;/h12-14,17H,2-11H2,1H3;1H. The number of hydrogen-bond acceptors (Lipinski definition) is 4. The number of likely N-dealkylation sites (tertiary alicyclic amines) is 1. The monoisotopic (exact) mass is 361 g/mol. The molecule has 3 rings (SSSR count). The molecule has 0 saturated carbocycles. The molecule has 7 heteroatoms. The van der Waals surface area contributed by atoms with E-state index in [0.717, 1.165) is 38.1 Å². The highest BCUT2D eigenvalue weighted by molar-refractivity contribution is 7.99. The van der Waals surface area contributed by atoms with E-state index in [9.17, 15) is 9.59 Å². The summed E-state index contributed by atoms with van der Waals surface area (Å²) in [6, 6.07) is 0.809. The summed E-state index contributed by atoms with van der Waals surface area (Å²) < 4.78 is 0. The number of carbonyl (C=O) groups is 2. The number of unbranched alkanes of at least 4 members (excludes halogenated alkanes) is 1. The third kappa shape index (κ3) is 4.34. The zero-order valence-electron chi connectivity index (χ0n) is 13.8. The van der Waals surface area contributed by atoms with Crippen LogP contribution in [0.3, 0.4) is 0 Å². The highest BCUT2D eigenvalue weighted by Gasteiger charge is 2.39. The number of nitrogens with zero attached hydrogens (tertiary/aromatic N) is 2. The molecule has 132 valence electrons. The van der Waals surface area contributed by atoms with Gasteiger partial charge >= 0.3 is 0 Å². The lowest BCUT2D eigenvalue weighted by Crippen LogP contribution is -2.51. The van der Waals surface area contributed by atoms with Crippen molar-refractivity contribution in [1.82, 2.24) is 15.1 Å². The van der Waals surface area contributed by atoms with Crippen LogP contribution in [-0.2, 0) is 9.59 Å². The molecule has 3 atom stereocenters. The topological polar surface area (TPSA) is 52.7 Å². The van der Waals surface area contributed by atoms with E-state index in [2.05, 4.69) is 12.2 Å². The van der Waals surface area contributed by atoms with Crippen molar-refractivity contribution in [3.63, 3.8) is 0 Å². The van der Waals surface area contributed by atoms with E-state index in [1.165, 1.54) is 12.8 Å². The molecule has 3 heterocycles. The second-order valence-electron chi connectivity index (χ2n) is 6.69. The molecule has 3 aliphatic rings. The van der Waals surface area contributed by atoms with Gasteiger partial charge in [-0.05, 0) is 25.7 Å². The summed E-state index contributed by atoms with van der Waals surface area (Å²) in [4.78, 5) is 29.1. The summed E-state index contributed by atoms with van der Waals surface area (Å²) in [6.07, 6.45) is 5.98. The van der Waals surface area contributed by atoms with Crippen LogP contribution < -0.4 is 5.32 Å². The van der Waals surface area contributed by atoms with Gasteiger partial charge in [-0.1, -0.05) is 13.3 Å². The Morgan fingerprint density at radius 2 is 2.00 bits per heavy atom. The number of rotatable bonds is 4. The SMILES string of the molecule is CCCCC(=O)N1CSCC1C(=O)N1CCC2CCC(C1)N2.Cl. The Bertz CT molecular complexity index is 438. The fourth-order valence-electron chi connectivity index (χ4n) is 3.72. The van der Waals surface area contributed by atoms with Gasteiger partial charge < -0.3 is 15.1 Å². The smallest absolute Gasteiger partial charge is 0.246 e. The average Bonchev–Trinajstić information content (AvgIpc) is 3.10. The Kier molecular flexibility index (Phi) is 7.04. The minimum atomic E-state index is -0.231. The molecule has 0 aromatic rings. The largest absolute Gasteiger partial charge is 0.339 e. The lowest BCUT2D eigenvalue weighted by Gasteiger charge is -2.30. The van der Waals surface area contributed by atoms with E-state index in [0.29, 0.717) is 24.4 Å². The van der Waals surface area contributed by atoms with Crippen LogP contribution in [0.4, 0.5) is 0 Å². The van der Waals surface area contributed by atoms with Crippen molar-refractivity contribution in [2.24, 2.45) is 0 Å². The fraction of sp³-hybridized carbons (Fsp3) is 0.875. The van der Waals surface area contributed by atoms with Gasteiger partial charge in [0.25, 0.3) is 0 Å². The molecule has 2 bridgehead atoms. The Hall–Kier alpha value is -0.460. The summed E-state index contributed by atoms with van der Waals surface area (Å²) in [7, 11) is 0. The first-order valence-corrected chi connectivity index (χ1v) is 9.76. The Morgan fingerprint density at radius 3 is 2.78 bits per heavy atom. The summed E-state index contributed by atoms with van der Waals surface area (Å²) in [6.45, 7) is 3.74. The first-order valence-electron chi connectivity index (χ1n) is 8.61. The third-order valence-electron chi connectivity index (χ3n) is 5.07. The molecule has 0 radical (unpaired) electrons. The molecule has 0 aromatic heterocycles. The molecule has 0 aromatic carbocycles. The third-order valence-corrected chi connectivity index (χ3v) is 6.08. The van der Waals surface area contributed by atoms with E-state index >= 15 is 0 Å². The maximum atomic E-state index is 12.9. The van der Waals surface area contributed by atoms with Gasteiger partial charge in [0.15, 0.2) is 0 Å². The molecular weight excluding hydrogens is 334 g/mol. The molecule has 2 amide bonds. The molecule has 5 nitrogen and oxygen atoms in total. The Balaban J connectivity index is 0.00000192. The van der Waals surface area contributed by atoms with Gasteiger partial charge in [-0.2, -0.15) is 0 Å². The number of fused-ring (bicyclic) bond motifs is 2. The van der Waals surface area contributed by atoms with Crippen molar-refractivity contribution >= 4 is 36.0 Å². The van der Waals surface area contributed by atoms with Crippen LogP contribution in [0.1, 0.15) is 45.4 Å². The first kappa shape index (κ1) is 18.9. The zero-order valence-corrected chi connectivity index (χ0v) is 15.5. The van der Waals surface area contributed by atoms with Crippen molar-refractivity contribution in [2.75, 3.05) is 24.7 Å². The van der Waals surface area contributed by atoms with E-state index in [1.54, 1.807) is 11.8 Å². The highest BCUT2D eigenvalue weighted by atomic mass is 35.5. The quantitative estimate of drug-likeness (QED) is 0.830. The number of hydrogen-bond donors (Lipinski definition) is 1. The zero-order chi connectivity index (χ0) is 15.5. The van der Waals surface area contributed by atoms with Crippen LogP contribution in [0.15, 0.2) is 0 Å². The molecule has 1 N–H and O–H groups in total. The minimum absolute atomic E-state index is 0. The highest BCUT2D eigenvalue weighted by Crippen LogP contribution is 2.26. The van der Waals surface area contributed by atoms with Gasteiger partial charge in [0.2, 0.25) is 11.8 Å². The van der Waals surface area contributed by atoms with Crippen LogP contribution in [0.5, 0.6) is 0 Å². The van der Waals surface area contributed by atoms with Crippen LogP contribution in [0.2, 0.25) is 0 Å². The van der Waals surface area contributed by atoms with Crippen molar-refractivity contribution < 1.29 is 9.59 Å². The summed E-state index contributed by atoms with van der Waals surface area (Å²) in [5.74, 6) is 1.76. The predicted molar refractivity (Wildman–Crippen MR) is 95.9 cm³/mol. The van der Waals surface area contributed by atoms with Crippen molar-refractivity contribution in [2.45, 2.75) is 63.6 Å². The number of nitrogens with one attached hydrogen (secondary N) is 1. The molecular formula is C16H28ClN3O2S. The van der Waals surface area contributed by atoms with Gasteiger partial charge in [0.05, 0.1) is 5.88 Å². The maximum absolute atomic E-state index is 12.9. The van der Waals surface area contributed by atoms with E-state index in [1.807, 2.05) is 9.80 Å². The van der Waals surface area contributed by atoms with Gasteiger partial charge in [-0.15, -0.1) is 24.2 Å². The molecule has 23 heavy (non-hydrogen) atoms. The normalized spacial score (nSPS) is 30.0. The molecule has 3 aliphatic heterocycles. The molecule has 3 unspecified atom stereocenters. The van der Waals surface area contributed by atoms with Crippen LogP contribution >= 0.6 is 24.2 Å². The Labute approximate surface area is 149 Å². The number of thioether (sulfide) groups is 1. The van der Waals surface area contributed by atoms with Gasteiger partial charge in [-0.25, -0.2) is 0 Å². The lowest BCUT2D eigenvalue weighted by atomic mass is 10.1. The number of carbonyl (C=O) groups excluding carboxylic acids is 2. The van der Waals surface area contributed by atoms with E-state index in [4.69, 9.17) is 0 Å². The summed E-state index contributed by atoms with van der Waals surface area (Å²) in [5.41, 5.74) is 0. The van der Waals surface area contributed by atoms with Crippen LogP contribution in [0, 0.1) is 0 Å². The van der Waals surface area contributed by atoms with Crippen LogP contribution in [0.25, 0.3) is 0 Å².